The van der Waals surface area contributed by atoms with Gasteiger partial charge in [0.25, 0.3) is 0 Å². The predicted octanol–water partition coefficient (Wildman–Crippen LogP) is 0.905. The third-order valence-corrected chi connectivity index (χ3v) is 4.18. The van der Waals surface area contributed by atoms with Gasteiger partial charge in [0.05, 0.1) is 6.42 Å². The van der Waals surface area contributed by atoms with Crippen LogP contribution < -0.4 is 11.1 Å². The van der Waals surface area contributed by atoms with Crippen LogP contribution in [0.3, 0.4) is 0 Å². The maximum absolute atomic E-state index is 12.2. The molecule has 0 radical (unpaired) electrons. The molecule has 3 unspecified atom stereocenters. The molecule has 4 N–H and O–H groups in total. The number of likely N-dealkylation sites (tertiary alicyclic amines) is 1. The van der Waals surface area contributed by atoms with Gasteiger partial charge in [0.2, 0.25) is 0 Å². The summed E-state index contributed by atoms with van der Waals surface area (Å²) < 4.78 is 0. The molecule has 108 valence electrons. The van der Waals surface area contributed by atoms with Gasteiger partial charge in [0.1, 0.15) is 0 Å². The van der Waals surface area contributed by atoms with Crippen LogP contribution >= 0.6 is 0 Å². The van der Waals surface area contributed by atoms with Crippen LogP contribution in [0.2, 0.25) is 0 Å². The van der Waals surface area contributed by atoms with Gasteiger partial charge in [-0.05, 0) is 25.7 Å². The van der Waals surface area contributed by atoms with Gasteiger partial charge < -0.3 is 21.1 Å². The number of amides is 2. The number of aliphatic carboxylic acids is 1. The highest BCUT2D eigenvalue weighted by molar-refractivity contribution is 5.76. The van der Waals surface area contributed by atoms with E-state index in [2.05, 4.69) is 5.32 Å². The van der Waals surface area contributed by atoms with Gasteiger partial charge in [0.15, 0.2) is 0 Å². The summed E-state index contributed by atoms with van der Waals surface area (Å²) in [5, 5.41) is 11.8. The Morgan fingerprint density at radius 3 is 2.63 bits per heavy atom. The first-order valence-electron chi connectivity index (χ1n) is 7.12. The van der Waals surface area contributed by atoms with Crippen molar-refractivity contribution in [2.75, 3.05) is 6.54 Å². The normalized spacial score (nSPS) is 31.2. The lowest BCUT2D eigenvalue weighted by atomic mass is 9.91. The first-order chi connectivity index (χ1) is 9.08. The third-order valence-electron chi connectivity index (χ3n) is 4.18. The number of carbonyl (C=O) groups is 2. The van der Waals surface area contributed by atoms with Crippen LogP contribution in [0.25, 0.3) is 0 Å². The summed E-state index contributed by atoms with van der Waals surface area (Å²) in [5.41, 5.74) is 6.01. The number of carbonyl (C=O) groups excluding carboxylic acids is 1. The maximum Gasteiger partial charge on any atom is 0.317 e. The number of carboxylic acids is 1. The number of nitrogens with two attached hydrogens (primary N) is 1. The average Bonchev–Trinajstić information content (AvgIpc) is 2.79. The van der Waals surface area contributed by atoms with Crippen molar-refractivity contribution < 1.29 is 14.7 Å². The van der Waals surface area contributed by atoms with Crippen molar-refractivity contribution in [1.82, 2.24) is 10.2 Å². The van der Waals surface area contributed by atoms with Crippen LogP contribution in [0, 0.1) is 0 Å². The molecule has 3 atom stereocenters. The van der Waals surface area contributed by atoms with E-state index in [1.54, 1.807) is 4.90 Å². The molecule has 0 aromatic heterocycles. The van der Waals surface area contributed by atoms with E-state index < -0.39 is 5.97 Å². The molecule has 1 saturated heterocycles. The Balaban J connectivity index is 1.89. The molecule has 1 saturated carbocycles. The zero-order valence-corrected chi connectivity index (χ0v) is 11.2. The highest BCUT2D eigenvalue weighted by atomic mass is 16.4. The van der Waals surface area contributed by atoms with E-state index in [9.17, 15) is 9.59 Å². The minimum Gasteiger partial charge on any atom is -0.481 e. The monoisotopic (exact) mass is 269 g/mol. The molecular formula is C13H23N3O3. The van der Waals surface area contributed by atoms with Crippen molar-refractivity contribution >= 4 is 12.0 Å². The Kier molecular flexibility index (Phi) is 4.63. The van der Waals surface area contributed by atoms with Crippen LogP contribution in [0.15, 0.2) is 0 Å². The molecule has 1 aliphatic heterocycles. The Hall–Kier alpha value is -1.30. The zero-order valence-electron chi connectivity index (χ0n) is 11.2. The topological polar surface area (TPSA) is 95.7 Å². The van der Waals surface area contributed by atoms with Gasteiger partial charge in [-0.25, -0.2) is 4.79 Å². The SMILES string of the molecule is NC1CCCCC1NC(=O)N1CCCC1CC(=O)O. The van der Waals surface area contributed by atoms with Gasteiger partial charge in [0, 0.05) is 24.7 Å². The number of urea groups is 1. The van der Waals surface area contributed by atoms with E-state index >= 15 is 0 Å². The smallest absolute Gasteiger partial charge is 0.317 e. The lowest BCUT2D eigenvalue weighted by Crippen LogP contribution is -2.54. The average molecular weight is 269 g/mol. The van der Waals surface area contributed by atoms with E-state index in [-0.39, 0.29) is 30.6 Å². The summed E-state index contributed by atoms with van der Waals surface area (Å²) in [5.74, 6) is -0.848. The highest BCUT2D eigenvalue weighted by Crippen LogP contribution is 2.22. The Bertz CT molecular complexity index is 348. The molecule has 2 fully saturated rings. The minimum atomic E-state index is -0.848. The largest absolute Gasteiger partial charge is 0.481 e. The van der Waals surface area contributed by atoms with Gasteiger partial charge in [-0.15, -0.1) is 0 Å². The number of nitrogens with one attached hydrogen (secondary N) is 1. The summed E-state index contributed by atoms with van der Waals surface area (Å²) in [6, 6.07) is -0.256. The summed E-state index contributed by atoms with van der Waals surface area (Å²) in [6.07, 6.45) is 5.77. The molecule has 2 amide bonds. The molecule has 0 aromatic rings. The van der Waals surface area contributed by atoms with Crippen molar-refractivity contribution in [1.29, 1.82) is 0 Å². The molecular weight excluding hydrogens is 246 g/mol. The van der Waals surface area contributed by atoms with Gasteiger partial charge in [-0.3, -0.25) is 4.79 Å². The van der Waals surface area contributed by atoms with Gasteiger partial charge in [-0.2, -0.15) is 0 Å². The number of rotatable bonds is 3. The summed E-state index contributed by atoms with van der Waals surface area (Å²) >= 11 is 0. The lowest BCUT2D eigenvalue weighted by Gasteiger charge is -2.32. The molecule has 1 heterocycles. The Morgan fingerprint density at radius 1 is 1.21 bits per heavy atom. The summed E-state index contributed by atoms with van der Waals surface area (Å²) in [4.78, 5) is 24.7. The van der Waals surface area contributed by atoms with Crippen molar-refractivity contribution in [2.24, 2.45) is 5.73 Å². The van der Waals surface area contributed by atoms with E-state index in [1.165, 1.54) is 0 Å². The van der Waals surface area contributed by atoms with Gasteiger partial charge in [-0.1, -0.05) is 12.8 Å². The standard InChI is InChI=1S/C13H23N3O3/c14-10-5-1-2-6-11(10)15-13(19)16-7-3-4-9(16)8-12(17)18/h9-11H,1-8,14H2,(H,15,19)(H,17,18). The van der Waals surface area contributed by atoms with Crippen LogP contribution in [-0.2, 0) is 4.79 Å². The predicted molar refractivity (Wildman–Crippen MR) is 70.7 cm³/mol. The zero-order chi connectivity index (χ0) is 13.8. The Labute approximate surface area is 113 Å². The van der Waals surface area contributed by atoms with E-state index in [4.69, 9.17) is 10.8 Å². The minimum absolute atomic E-state index is 0.0261. The molecule has 19 heavy (non-hydrogen) atoms. The van der Waals surface area contributed by atoms with Crippen LogP contribution in [0.4, 0.5) is 4.79 Å². The highest BCUT2D eigenvalue weighted by Gasteiger charge is 2.32. The Morgan fingerprint density at radius 2 is 1.95 bits per heavy atom. The van der Waals surface area contributed by atoms with E-state index in [0.29, 0.717) is 6.54 Å². The molecule has 6 nitrogen and oxygen atoms in total. The fraction of sp³-hybridized carbons (Fsp3) is 0.846. The van der Waals surface area contributed by atoms with Crippen molar-refractivity contribution in [3.05, 3.63) is 0 Å². The number of carboxylic acid groups (broad SMARTS) is 1. The molecule has 2 aliphatic rings. The first kappa shape index (κ1) is 14.1. The molecule has 0 bridgehead atoms. The molecule has 6 heteroatoms. The van der Waals surface area contributed by atoms with E-state index in [1.807, 2.05) is 0 Å². The van der Waals surface area contributed by atoms with Crippen molar-refractivity contribution in [3.63, 3.8) is 0 Å². The van der Waals surface area contributed by atoms with Crippen LogP contribution in [0.1, 0.15) is 44.9 Å². The number of nitrogens with zero attached hydrogens (tertiary/aromatic N) is 1. The van der Waals surface area contributed by atoms with Crippen molar-refractivity contribution in [3.8, 4) is 0 Å². The molecule has 0 aromatic carbocycles. The third kappa shape index (κ3) is 3.59. The van der Waals surface area contributed by atoms with Gasteiger partial charge >= 0.3 is 12.0 Å². The maximum atomic E-state index is 12.2. The van der Waals surface area contributed by atoms with E-state index in [0.717, 1.165) is 38.5 Å². The summed E-state index contributed by atoms with van der Waals surface area (Å²) in [6.45, 7) is 0.645. The van der Waals surface area contributed by atoms with Crippen LogP contribution in [-0.4, -0.2) is 46.7 Å². The number of hydrogen-bond donors (Lipinski definition) is 3. The molecule has 0 spiro atoms. The quantitative estimate of drug-likeness (QED) is 0.709. The molecule has 1 aliphatic carbocycles. The van der Waals surface area contributed by atoms with Crippen LogP contribution in [0.5, 0.6) is 0 Å². The second kappa shape index (κ2) is 6.23. The second-order valence-electron chi connectivity index (χ2n) is 5.59. The number of hydrogen-bond acceptors (Lipinski definition) is 3. The van der Waals surface area contributed by atoms with Crippen molar-refractivity contribution in [2.45, 2.75) is 63.1 Å². The fourth-order valence-corrected chi connectivity index (χ4v) is 3.10. The first-order valence-corrected chi connectivity index (χ1v) is 7.12. The lowest BCUT2D eigenvalue weighted by molar-refractivity contribution is -0.137. The fourth-order valence-electron chi connectivity index (χ4n) is 3.10. The summed E-state index contributed by atoms with van der Waals surface area (Å²) in [7, 11) is 0. The molecule has 2 rings (SSSR count). The second-order valence-corrected chi connectivity index (χ2v) is 5.59.